The molecule has 5 rings (SSSR count). The van der Waals surface area contributed by atoms with Crippen molar-refractivity contribution in [3.8, 4) is 28.5 Å². The molecule has 0 spiro atoms. The fraction of sp³-hybridized carbons (Fsp3) is 0.107. The first kappa shape index (κ1) is 20.4. The van der Waals surface area contributed by atoms with Gasteiger partial charge in [-0.3, -0.25) is 0 Å². The lowest BCUT2D eigenvalue weighted by molar-refractivity contribution is 0.585. The van der Waals surface area contributed by atoms with E-state index in [0.29, 0.717) is 5.56 Å². The highest BCUT2D eigenvalue weighted by atomic mass is 32.2. The second kappa shape index (κ2) is 8.55. The van der Waals surface area contributed by atoms with Crippen LogP contribution in [0.4, 0.5) is 0 Å². The lowest BCUT2D eigenvalue weighted by Crippen LogP contribution is -2.35. The quantitative estimate of drug-likeness (QED) is 0.428. The van der Waals surface area contributed by atoms with E-state index >= 15 is 0 Å². The van der Waals surface area contributed by atoms with E-state index in [0.717, 1.165) is 56.3 Å². The van der Waals surface area contributed by atoms with Crippen LogP contribution in [0.2, 0.25) is 0 Å². The normalized spacial score (nSPS) is 13.4. The van der Waals surface area contributed by atoms with Crippen molar-refractivity contribution in [2.75, 3.05) is 0 Å². The van der Waals surface area contributed by atoms with Crippen molar-refractivity contribution in [1.82, 2.24) is 3.97 Å². The first-order valence-electron chi connectivity index (χ1n) is 10.7. The molecule has 0 radical (unpaired) electrons. The van der Waals surface area contributed by atoms with Crippen molar-refractivity contribution in [2.24, 2.45) is 0 Å². The van der Waals surface area contributed by atoms with Gasteiger partial charge in [-0.1, -0.05) is 78.4 Å². The number of aromatic nitrogens is 1. The highest BCUT2D eigenvalue weighted by Crippen LogP contribution is 2.33. The molecule has 1 atom stereocenters. The number of fused-ring (bicyclic) bond motifs is 1. The fourth-order valence-electron chi connectivity index (χ4n) is 4.30. The van der Waals surface area contributed by atoms with E-state index in [1.54, 1.807) is 0 Å². The predicted molar refractivity (Wildman–Crippen MR) is 130 cm³/mol. The largest absolute Gasteiger partial charge is 0.587 e. The Kier molecular flexibility index (Phi) is 5.45. The summed E-state index contributed by atoms with van der Waals surface area (Å²) >= 11 is -1.44. The summed E-state index contributed by atoms with van der Waals surface area (Å²) in [5.74, 6) is 0. The molecule has 0 fully saturated rings. The van der Waals surface area contributed by atoms with Gasteiger partial charge in [0.05, 0.1) is 17.0 Å². The van der Waals surface area contributed by atoms with Gasteiger partial charge in [0.25, 0.3) is 0 Å². The van der Waals surface area contributed by atoms with E-state index in [1.807, 2.05) is 89.8 Å². The SMILES string of the molecule is Cc1ccc([S+]([O-])n2c(-c3ccccc3)c(-c3ccccc3C#N)c3c2=CCCC=3)cc1. The number of hydrogen-bond donors (Lipinski definition) is 0. The Morgan fingerprint density at radius 2 is 1.56 bits per heavy atom. The second-order valence-electron chi connectivity index (χ2n) is 7.89. The lowest BCUT2D eigenvalue weighted by atomic mass is 9.95. The molecule has 0 saturated heterocycles. The van der Waals surface area contributed by atoms with Gasteiger partial charge in [-0.2, -0.15) is 9.23 Å². The topological polar surface area (TPSA) is 51.8 Å². The highest BCUT2D eigenvalue weighted by Gasteiger charge is 2.28. The first-order valence-corrected chi connectivity index (χ1v) is 11.8. The Balaban J connectivity index is 1.91. The fourth-order valence-corrected chi connectivity index (χ4v) is 5.59. The summed E-state index contributed by atoms with van der Waals surface area (Å²) in [6, 6.07) is 27.9. The van der Waals surface area contributed by atoms with Crippen molar-refractivity contribution in [3.05, 3.63) is 101 Å². The first-order chi connectivity index (χ1) is 15.7. The molecule has 0 N–H and O–H groups in total. The molecule has 1 heterocycles. The zero-order valence-corrected chi connectivity index (χ0v) is 18.6. The molecule has 1 aromatic heterocycles. The van der Waals surface area contributed by atoms with Crippen LogP contribution < -0.4 is 10.6 Å². The summed E-state index contributed by atoms with van der Waals surface area (Å²) in [6.45, 7) is 2.03. The molecule has 1 aliphatic rings. The summed E-state index contributed by atoms with van der Waals surface area (Å²) < 4.78 is 16.0. The van der Waals surface area contributed by atoms with Crippen LogP contribution in [-0.2, 0) is 11.4 Å². The predicted octanol–water partition coefficient (Wildman–Crippen LogP) is 4.93. The number of nitriles is 1. The maximum absolute atomic E-state index is 14.0. The maximum atomic E-state index is 14.0. The minimum Gasteiger partial charge on any atom is -0.587 e. The molecule has 0 aliphatic heterocycles. The molecule has 1 unspecified atom stereocenters. The summed E-state index contributed by atoms with van der Waals surface area (Å²) in [5.41, 5.74) is 5.45. The van der Waals surface area contributed by atoms with Gasteiger partial charge >= 0.3 is 0 Å². The molecule has 0 saturated carbocycles. The average molecular weight is 435 g/mol. The maximum Gasteiger partial charge on any atom is 0.180 e. The molecule has 3 nitrogen and oxygen atoms in total. The smallest absolute Gasteiger partial charge is 0.180 e. The summed E-state index contributed by atoms with van der Waals surface area (Å²) in [6.07, 6.45) is 6.21. The van der Waals surface area contributed by atoms with Gasteiger partial charge in [-0.15, -0.1) is 0 Å². The van der Waals surface area contributed by atoms with E-state index in [2.05, 4.69) is 18.2 Å². The van der Waals surface area contributed by atoms with Gasteiger partial charge in [0.15, 0.2) is 4.90 Å². The molecule has 32 heavy (non-hydrogen) atoms. The Hall–Kier alpha value is -3.52. The number of rotatable bonds is 4. The Morgan fingerprint density at radius 1 is 0.875 bits per heavy atom. The van der Waals surface area contributed by atoms with E-state index < -0.39 is 11.4 Å². The van der Waals surface area contributed by atoms with E-state index in [9.17, 15) is 9.81 Å². The summed E-state index contributed by atoms with van der Waals surface area (Å²) in [4.78, 5) is 0.754. The Morgan fingerprint density at radius 3 is 2.31 bits per heavy atom. The van der Waals surface area contributed by atoms with Crippen molar-refractivity contribution < 1.29 is 4.55 Å². The van der Waals surface area contributed by atoms with E-state index in [1.165, 1.54) is 0 Å². The highest BCUT2D eigenvalue weighted by molar-refractivity contribution is 7.90. The molecule has 156 valence electrons. The summed E-state index contributed by atoms with van der Waals surface area (Å²) in [5, 5.41) is 11.8. The van der Waals surface area contributed by atoms with Gasteiger partial charge < -0.3 is 4.55 Å². The van der Waals surface area contributed by atoms with Crippen molar-refractivity contribution in [1.29, 1.82) is 5.26 Å². The third kappa shape index (κ3) is 3.46. The summed E-state index contributed by atoms with van der Waals surface area (Å²) in [7, 11) is 0. The molecule has 3 aromatic carbocycles. The molecule has 1 aliphatic carbocycles. The number of nitrogens with zero attached hydrogens (tertiary/aromatic N) is 2. The average Bonchev–Trinajstić information content (AvgIpc) is 3.19. The molecule has 4 aromatic rings. The van der Waals surface area contributed by atoms with Crippen molar-refractivity contribution >= 4 is 23.5 Å². The zero-order valence-electron chi connectivity index (χ0n) is 17.8. The van der Waals surface area contributed by atoms with Crippen molar-refractivity contribution in [2.45, 2.75) is 24.7 Å². The van der Waals surface area contributed by atoms with Crippen LogP contribution in [0.5, 0.6) is 0 Å². The minimum atomic E-state index is -1.44. The number of aryl methyl sites for hydroxylation is 1. The van der Waals surface area contributed by atoms with Gasteiger partial charge in [-0.25, -0.2) is 0 Å². The molecule has 0 amide bonds. The molecular weight excluding hydrogens is 412 g/mol. The standard InChI is InChI=1S/C28H22N2OS/c1-20-15-17-23(18-16-20)32(31)30-26-14-8-7-13-25(26)27(24-12-6-5-11-22(24)19-29)28(30)21-9-3-2-4-10-21/h2-6,9-18H,7-8H2,1H3. The second-order valence-corrected chi connectivity index (χ2v) is 9.22. The van der Waals surface area contributed by atoms with Crippen LogP contribution in [0.15, 0.2) is 83.8 Å². The van der Waals surface area contributed by atoms with Crippen molar-refractivity contribution in [3.63, 3.8) is 0 Å². The van der Waals surface area contributed by atoms with Crippen LogP contribution in [0.1, 0.15) is 24.0 Å². The lowest BCUT2D eigenvalue weighted by Gasteiger charge is -2.16. The molecule has 0 bridgehead atoms. The minimum absolute atomic E-state index is 0.615. The number of benzene rings is 3. The van der Waals surface area contributed by atoms with Crippen LogP contribution in [0.25, 0.3) is 34.5 Å². The van der Waals surface area contributed by atoms with Gasteiger partial charge in [0, 0.05) is 21.9 Å². The van der Waals surface area contributed by atoms with Gasteiger partial charge in [-0.05, 0) is 38.0 Å². The van der Waals surface area contributed by atoms with Gasteiger partial charge in [0.2, 0.25) is 0 Å². The van der Waals surface area contributed by atoms with Crippen LogP contribution >= 0.6 is 0 Å². The van der Waals surface area contributed by atoms with Crippen LogP contribution in [0, 0.1) is 18.3 Å². The monoisotopic (exact) mass is 434 g/mol. The van der Waals surface area contributed by atoms with Gasteiger partial charge in [0.1, 0.15) is 17.1 Å². The van der Waals surface area contributed by atoms with E-state index in [-0.39, 0.29) is 0 Å². The molecule has 4 heteroatoms. The third-order valence-corrected chi connectivity index (χ3v) is 7.20. The molecular formula is C28H22N2OS. The van der Waals surface area contributed by atoms with E-state index in [4.69, 9.17) is 0 Å². The third-order valence-electron chi connectivity index (χ3n) is 5.81. The number of hydrogen-bond acceptors (Lipinski definition) is 2. The van der Waals surface area contributed by atoms with Crippen LogP contribution in [-0.4, -0.2) is 8.53 Å². The Bertz CT molecular complexity index is 1440. The zero-order chi connectivity index (χ0) is 22.1. The van der Waals surface area contributed by atoms with Crippen LogP contribution in [0.3, 0.4) is 0 Å². The Labute approximate surface area is 190 Å².